The summed E-state index contributed by atoms with van der Waals surface area (Å²) in [7, 11) is 1.56. The van der Waals surface area contributed by atoms with Gasteiger partial charge >= 0.3 is 0 Å². The van der Waals surface area contributed by atoms with Crippen molar-refractivity contribution in [3.63, 3.8) is 0 Å². The molecule has 1 fully saturated rings. The molecule has 176 valence electrons. The third-order valence-corrected chi connectivity index (χ3v) is 6.31. The van der Waals surface area contributed by atoms with Crippen molar-refractivity contribution in [2.45, 2.75) is 31.0 Å². The lowest BCUT2D eigenvalue weighted by Crippen LogP contribution is -2.63. The summed E-state index contributed by atoms with van der Waals surface area (Å²) in [6.07, 6.45) is 0.270. The molecule has 3 atom stereocenters. The molecule has 2 N–H and O–H groups in total. The molecule has 0 aromatic heterocycles. The van der Waals surface area contributed by atoms with Gasteiger partial charge in [0.05, 0.1) is 24.8 Å². The Morgan fingerprint density at radius 3 is 2.24 bits per heavy atom. The summed E-state index contributed by atoms with van der Waals surface area (Å²) in [6, 6.07) is 19.9. The summed E-state index contributed by atoms with van der Waals surface area (Å²) in [5.74, 6) is -0.472. The summed E-state index contributed by atoms with van der Waals surface area (Å²) in [4.78, 5) is 28.3. The second kappa shape index (κ2) is 9.65. The van der Waals surface area contributed by atoms with E-state index in [9.17, 15) is 19.1 Å². The Hall–Kier alpha value is -3.71. The summed E-state index contributed by atoms with van der Waals surface area (Å²) in [5, 5.41) is 14.2. The fourth-order valence-electron chi connectivity index (χ4n) is 4.37. The van der Waals surface area contributed by atoms with Crippen LogP contribution in [0.5, 0.6) is 5.75 Å². The van der Waals surface area contributed by atoms with Crippen LogP contribution >= 0.6 is 0 Å². The van der Waals surface area contributed by atoms with Gasteiger partial charge in [0.25, 0.3) is 11.8 Å². The second-order valence-corrected chi connectivity index (χ2v) is 8.65. The van der Waals surface area contributed by atoms with Gasteiger partial charge in [-0.25, -0.2) is 4.39 Å². The number of ether oxygens (including phenoxy) is 1. The van der Waals surface area contributed by atoms with E-state index in [1.165, 1.54) is 24.3 Å². The summed E-state index contributed by atoms with van der Waals surface area (Å²) >= 11 is 0. The number of carbonyl (C=O) groups is 2. The first-order valence-electron chi connectivity index (χ1n) is 11.1. The highest BCUT2D eigenvalue weighted by Gasteiger charge is 2.47. The standard InChI is InChI=1S/C27H27FN2O4/c1-27(33)16-17-30(26(32)20-10-14-22(34-2)15-11-20)23(18-6-4-3-5-7-18)24(27)29-25(31)19-8-12-21(28)13-9-19/h3-15,23-24,33H,16-17H2,1-2H3,(H,29,31)/t23-,24-,27+/m0/s1. The number of amides is 2. The summed E-state index contributed by atoms with van der Waals surface area (Å²) < 4.78 is 18.5. The normalized spacial score (nSPS) is 22.2. The van der Waals surface area contributed by atoms with Gasteiger partial charge in [-0.15, -0.1) is 0 Å². The zero-order chi connectivity index (χ0) is 24.3. The van der Waals surface area contributed by atoms with Crippen LogP contribution in [0.3, 0.4) is 0 Å². The second-order valence-electron chi connectivity index (χ2n) is 8.65. The average Bonchev–Trinajstić information content (AvgIpc) is 2.85. The average molecular weight is 463 g/mol. The maximum absolute atomic E-state index is 13.6. The first-order valence-corrected chi connectivity index (χ1v) is 11.1. The van der Waals surface area contributed by atoms with Gasteiger partial charge in [0.2, 0.25) is 0 Å². The molecule has 6 nitrogen and oxygen atoms in total. The molecule has 0 spiro atoms. The van der Waals surface area contributed by atoms with Gasteiger partial charge in [-0.2, -0.15) is 0 Å². The molecule has 4 rings (SSSR count). The number of halogens is 1. The monoisotopic (exact) mass is 462 g/mol. The lowest BCUT2D eigenvalue weighted by atomic mass is 9.79. The van der Waals surface area contributed by atoms with Gasteiger partial charge in [0.15, 0.2) is 0 Å². The lowest BCUT2D eigenvalue weighted by Gasteiger charge is -2.49. The van der Waals surface area contributed by atoms with Crippen LogP contribution in [0.15, 0.2) is 78.9 Å². The predicted octanol–water partition coefficient (Wildman–Crippen LogP) is 3.97. The fraction of sp³-hybridized carbons (Fsp3) is 0.259. The smallest absolute Gasteiger partial charge is 0.254 e. The van der Waals surface area contributed by atoms with Crippen molar-refractivity contribution in [1.29, 1.82) is 0 Å². The highest BCUT2D eigenvalue weighted by Crippen LogP contribution is 2.38. The molecule has 1 aliphatic rings. The molecule has 0 bridgehead atoms. The number of piperidine rings is 1. The molecule has 1 saturated heterocycles. The van der Waals surface area contributed by atoms with Crippen LogP contribution in [0.25, 0.3) is 0 Å². The molecule has 34 heavy (non-hydrogen) atoms. The summed E-state index contributed by atoms with van der Waals surface area (Å²) in [6.45, 7) is 1.97. The van der Waals surface area contributed by atoms with Gasteiger partial charge < -0.3 is 20.1 Å². The number of likely N-dealkylation sites (tertiary alicyclic amines) is 1. The van der Waals surface area contributed by atoms with E-state index in [2.05, 4.69) is 5.32 Å². The molecular formula is C27H27FN2O4. The summed E-state index contributed by atoms with van der Waals surface area (Å²) in [5.41, 5.74) is 0.246. The van der Waals surface area contributed by atoms with Crippen molar-refractivity contribution < 1.29 is 23.8 Å². The molecule has 0 saturated carbocycles. The highest BCUT2D eigenvalue weighted by molar-refractivity contribution is 5.96. The first kappa shape index (κ1) is 23.4. The van der Waals surface area contributed by atoms with E-state index in [-0.39, 0.29) is 17.9 Å². The van der Waals surface area contributed by atoms with E-state index in [0.717, 1.165) is 5.56 Å². The van der Waals surface area contributed by atoms with Crippen LogP contribution in [-0.2, 0) is 0 Å². The number of methoxy groups -OCH3 is 1. The van der Waals surface area contributed by atoms with Crippen molar-refractivity contribution in [2.75, 3.05) is 13.7 Å². The fourth-order valence-corrected chi connectivity index (χ4v) is 4.37. The van der Waals surface area contributed by atoms with Gasteiger partial charge in [-0.3, -0.25) is 9.59 Å². The van der Waals surface area contributed by atoms with Gasteiger partial charge in [0.1, 0.15) is 11.6 Å². The van der Waals surface area contributed by atoms with Crippen molar-refractivity contribution in [3.8, 4) is 5.75 Å². The van der Waals surface area contributed by atoms with E-state index in [1.54, 1.807) is 43.2 Å². The number of hydrogen-bond donors (Lipinski definition) is 2. The Balaban J connectivity index is 1.71. The number of nitrogens with zero attached hydrogens (tertiary/aromatic N) is 1. The number of rotatable bonds is 5. The number of carbonyl (C=O) groups excluding carboxylic acids is 2. The number of aliphatic hydroxyl groups is 1. The topological polar surface area (TPSA) is 78.9 Å². The number of hydrogen-bond acceptors (Lipinski definition) is 4. The van der Waals surface area contributed by atoms with Crippen molar-refractivity contribution in [3.05, 3.63) is 101 Å². The van der Waals surface area contributed by atoms with Crippen LogP contribution in [0, 0.1) is 5.82 Å². The molecule has 3 aromatic carbocycles. The quantitative estimate of drug-likeness (QED) is 0.602. The van der Waals surface area contributed by atoms with Crippen molar-refractivity contribution in [2.24, 2.45) is 0 Å². The van der Waals surface area contributed by atoms with Crippen LogP contribution in [0.1, 0.15) is 45.7 Å². The number of benzene rings is 3. The highest BCUT2D eigenvalue weighted by atomic mass is 19.1. The lowest BCUT2D eigenvalue weighted by molar-refractivity contribution is -0.0549. The van der Waals surface area contributed by atoms with E-state index in [1.807, 2.05) is 30.3 Å². The molecule has 0 aliphatic carbocycles. The Morgan fingerprint density at radius 2 is 1.62 bits per heavy atom. The third-order valence-electron chi connectivity index (χ3n) is 6.31. The first-order chi connectivity index (χ1) is 16.3. The molecule has 1 aliphatic heterocycles. The van der Waals surface area contributed by atoms with Gasteiger partial charge in [0, 0.05) is 17.7 Å². The Bertz CT molecular complexity index is 1150. The van der Waals surface area contributed by atoms with Crippen LogP contribution in [0.2, 0.25) is 0 Å². The Kier molecular flexibility index (Phi) is 6.65. The molecule has 0 unspecified atom stereocenters. The third kappa shape index (κ3) is 4.79. The molecule has 3 aromatic rings. The van der Waals surface area contributed by atoms with Gasteiger partial charge in [-0.1, -0.05) is 30.3 Å². The van der Waals surface area contributed by atoms with Gasteiger partial charge in [-0.05, 0) is 67.4 Å². The molecule has 2 amide bonds. The van der Waals surface area contributed by atoms with Crippen LogP contribution in [-0.4, -0.2) is 47.1 Å². The number of nitrogens with one attached hydrogen (secondary N) is 1. The molecular weight excluding hydrogens is 435 g/mol. The maximum Gasteiger partial charge on any atom is 0.254 e. The van der Waals surface area contributed by atoms with Crippen LogP contribution < -0.4 is 10.1 Å². The van der Waals surface area contributed by atoms with E-state index >= 15 is 0 Å². The largest absolute Gasteiger partial charge is 0.497 e. The van der Waals surface area contributed by atoms with E-state index in [0.29, 0.717) is 17.9 Å². The Morgan fingerprint density at radius 1 is 1.00 bits per heavy atom. The van der Waals surface area contributed by atoms with E-state index in [4.69, 9.17) is 4.74 Å². The minimum absolute atomic E-state index is 0.215. The molecule has 7 heteroatoms. The Labute approximate surface area is 198 Å². The predicted molar refractivity (Wildman–Crippen MR) is 126 cm³/mol. The minimum Gasteiger partial charge on any atom is -0.497 e. The molecule has 0 radical (unpaired) electrons. The maximum atomic E-state index is 13.6. The van der Waals surface area contributed by atoms with E-state index < -0.39 is 29.4 Å². The SMILES string of the molecule is COc1ccc(C(=O)N2CC[C@@](C)(O)[C@@H](NC(=O)c3ccc(F)cc3)[C@@H]2c2ccccc2)cc1. The van der Waals surface area contributed by atoms with Crippen molar-refractivity contribution in [1.82, 2.24) is 10.2 Å². The zero-order valence-corrected chi connectivity index (χ0v) is 19.1. The van der Waals surface area contributed by atoms with Crippen molar-refractivity contribution >= 4 is 11.8 Å². The van der Waals surface area contributed by atoms with Crippen LogP contribution in [0.4, 0.5) is 4.39 Å². The minimum atomic E-state index is -1.28. The molecule has 1 heterocycles. The zero-order valence-electron chi connectivity index (χ0n) is 19.1.